The molecular weight excluding hydrogens is 218 g/mol. The van der Waals surface area contributed by atoms with Gasteiger partial charge in [0.25, 0.3) is 0 Å². The van der Waals surface area contributed by atoms with Crippen molar-refractivity contribution in [2.24, 2.45) is 5.41 Å². The van der Waals surface area contributed by atoms with Crippen LogP contribution in [0.3, 0.4) is 0 Å². The van der Waals surface area contributed by atoms with Crippen LogP contribution in [0.25, 0.3) is 0 Å². The summed E-state index contributed by atoms with van der Waals surface area (Å²) in [6, 6.07) is 0. The van der Waals surface area contributed by atoms with E-state index in [1.165, 1.54) is 0 Å². The predicted octanol–water partition coefficient (Wildman–Crippen LogP) is 1.45. The molecule has 1 rings (SSSR count). The molecule has 1 unspecified atom stereocenters. The maximum atomic E-state index is 5.64. The molecule has 1 heterocycles. The molecule has 4 heteroatoms. The third-order valence-corrected chi connectivity index (χ3v) is 3.35. The first-order chi connectivity index (χ1) is 8.33. The van der Waals surface area contributed by atoms with Crippen LogP contribution in [0.5, 0.6) is 0 Å². The molecule has 0 saturated carbocycles. The standard InChI is InChI=1S/C13H27NO3/c1-3-14-11-13(6-10-17-12-13)5-9-16-8-4-7-15-2/h14H,3-12H2,1-2H3. The second kappa shape index (κ2) is 8.86. The summed E-state index contributed by atoms with van der Waals surface area (Å²) >= 11 is 0. The lowest BCUT2D eigenvalue weighted by atomic mass is 9.84. The van der Waals surface area contributed by atoms with Crippen molar-refractivity contribution >= 4 is 0 Å². The highest BCUT2D eigenvalue weighted by molar-refractivity contribution is 4.85. The second-order valence-corrected chi connectivity index (χ2v) is 4.79. The normalized spacial score (nSPS) is 24.4. The van der Waals surface area contributed by atoms with Crippen LogP contribution < -0.4 is 5.32 Å². The van der Waals surface area contributed by atoms with Crippen molar-refractivity contribution in [2.75, 3.05) is 53.2 Å². The molecule has 0 radical (unpaired) electrons. The summed E-state index contributed by atoms with van der Waals surface area (Å²) in [5.41, 5.74) is 0.303. The molecule has 0 aliphatic carbocycles. The lowest BCUT2D eigenvalue weighted by Crippen LogP contribution is -2.36. The molecule has 0 spiro atoms. The first-order valence-electron chi connectivity index (χ1n) is 6.68. The van der Waals surface area contributed by atoms with Gasteiger partial charge in [0, 0.05) is 45.5 Å². The van der Waals surface area contributed by atoms with Gasteiger partial charge in [-0.3, -0.25) is 0 Å². The van der Waals surface area contributed by atoms with Gasteiger partial charge >= 0.3 is 0 Å². The highest BCUT2D eigenvalue weighted by Crippen LogP contribution is 2.31. The third-order valence-electron chi connectivity index (χ3n) is 3.35. The topological polar surface area (TPSA) is 39.7 Å². The van der Waals surface area contributed by atoms with Crippen LogP contribution in [-0.4, -0.2) is 53.2 Å². The van der Waals surface area contributed by atoms with Gasteiger partial charge in [-0.25, -0.2) is 0 Å². The van der Waals surface area contributed by atoms with Gasteiger partial charge in [0.2, 0.25) is 0 Å². The highest BCUT2D eigenvalue weighted by Gasteiger charge is 2.33. The van der Waals surface area contributed by atoms with Crippen molar-refractivity contribution in [3.05, 3.63) is 0 Å². The quantitative estimate of drug-likeness (QED) is 0.591. The van der Waals surface area contributed by atoms with Gasteiger partial charge in [0.05, 0.1) is 6.61 Å². The molecule has 17 heavy (non-hydrogen) atoms. The minimum absolute atomic E-state index is 0.303. The average molecular weight is 245 g/mol. The third kappa shape index (κ3) is 5.82. The van der Waals surface area contributed by atoms with E-state index in [0.717, 1.165) is 65.4 Å². The maximum Gasteiger partial charge on any atom is 0.0536 e. The SMILES string of the molecule is CCNCC1(CCOCCCOC)CCOC1. The Morgan fingerprint density at radius 3 is 2.82 bits per heavy atom. The molecule has 4 nitrogen and oxygen atoms in total. The fourth-order valence-electron chi connectivity index (χ4n) is 2.16. The fourth-order valence-corrected chi connectivity index (χ4v) is 2.16. The van der Waals surface area contributed by atoms with E-state index in [0.29, 0.717) is 5.41 Å². The summed E-state index contributed by atoms with van der Waals surface area (Å²) in [5, 5.41) is 3.44. The Bertz CT molecular complexity index is 182. The first-order valence-corrected chi connectivity index (χ1v) is 6.68. The Hall–Kier alpha value is -0.160. The van der Waals surface area contributed by atoms with E-state index in [-0.39, 0.29) is 0 Å². The molecular formula is C13H27NO3. The van der Waals surface area contributed by atoms with Gasteiger partial charge in [0.1, 0.15) is 0 Å². The molecule has 1 aliphatic heterocycles. The van der Waals surface area contributed by atoms with Gasteiger partial charge in [-0.2, -0.15) is 0 Å². The van der Waals surface area contributed by atoms with E-state index >= 15 is 0 Å². The molecule has 1 atom stereocenters. The Morgan fingerprint density at radius 1 is 1.29 bits per heavy atom. The molecule has 1 fully saturated rings. The summed E-state index contributed by atoms with van der Waals surface area (Å²) < 4.78 is 16.2. The summed E-state index contributed by atoms with van der Waals surface area (Å²) in [6.07, 6.45) is 3.22. The smallest absolute Gasteiger partial charge is 0.0536 e. The number of hydrogen-bond acceptors (Lipinski definition) is 4. The van der Waals surface area contributed by atoms with Crippen molar-refractivity contribution in [3.8, 4) is 0 Å². The Morgan fingerprint density at radius 2 is 2.18 bits per heavy atom. The van der Waals surface area contributed by atoms with Crippen LogP contribution >= 0.6 is 0 Å². The number of hydrogen-bond donors (Lipinski definition) is 1. The van der Waals surface area contributed by atoms with Gasteiger partial charge in [-0.1, -0.05) is 6.92 Å². The van der Waals surface area contributed by atoms with E-state index in [1.807, 2.05) is 0 Å². The lowest BCUT2D eigenvalue weighted by molar-refractivity contribution is 0.0680. The summed E-state index contributed by atoms with van der Waals surface area (Å²) in [4.78, 5) is 0. The van der Waals surface area contributed by atoms with Crippen molar-refractivity contribution < 1.29 is 14.2 Å². The van der Waals surface area contributed by atoms with Crippen LogP contribution in [0.1, 0.15) is 26.2 Å². The van der Waals surface area contributed by atoms with Crippen LogP contribution in [0.2, 0.25) is 0 Å². The summed E-state index contributed by atoms with van der Waals surface area (Å²) in [5.74, 6) is 0. The first kappa shape index (κ1) is 14.9. The zero-order valence-electron chi connectivity index (χ0n) is 11.3. The summed E-state index contributed by atoms with van der Waals surface area (Å²) in [6.45, 7) is 8.40. The van der Waals surface area contributed by atoms with E-state index in [2.05, 4.69) is 12.2 Å². The van der Waals surface area contributed by atoms with Crippen molar-refractivity contribution in [1.82, 2.24) is 5.32 Å². The van der Waals surface area contributed by atoms with Crippen molar-refractivity contribution in [1.29, 1.82) is 0 Å². The molecule has 1 aliphatic rings. The van der Waals surface area contributed by atoms with Crippen molar-refractivity contribution in [3.63, 3.8) is 0 Å². The molecule has 0 aromatic heterocycles. The highest BCUT2D eigenvalue weighted by atomic mass is 16.5. The maximum absolute atomic E-state index is 5.64. The predicted molar refractivity (Wildman–Crippen MR) is 68.3 cm³/mol. The Balaban J connectivity index is 2.12. The average Bonchev–Trinajstić information content (AvgIpc) is 2.80. The largest absolute Gasteiger partial charge is 0.385 e. The van der Waals surface area contributed by atoms with Gasteiger partial charge in [-0.05, 0) is 25.8 Å². The monoisotopic (exact) mass is 245 g/mol. The van der Waals surface area contributed by atoms with Crippen LogP contribution in [0, 0.1) is 5.41 Å². The fraction of sp³-hybridized carbons (Fsp3) is 1.00. The van der Waals surface area contributed by atoms with E-state index in [4.69, 9.17) is 14.2 Å². The van der Waals surface area contributed by atoms with E-state index in [1.54, 1.807) is 7.11 Å². The van der Waals surface area contributed by atoms with Gasteiger partial charge in [-0.15, -0.1) is 0 Å². The van der Waals surface area contributed by atoms with Gasteiger partial charge < -0.3 is 19.5 Å². The number of methoxy groups -OCH3 is 1. The minimum atomic E-state index is 0.303. The van der Waals surface area contributed by atoms with Gasteiger partial charge in [0.15, 0.2) is 0 Å². The molecule has 0 bridgehead atoms. The molecule has 0 aromatic carbocycles. The van der Waals surface area contributed by atoms with E-state index < -0.39 is 0 Å². The Labute approximate surface area is 105 Å². The molecule has 0 aromatic rings. The van der Waals surface area contributed by atoms with E-state index in [9.17, 15) is 0 Å². The lowest BCUT2D eigenvalue weighted by Gasteiger charge is -2.27. The molecule has 0 amide bonds. The minimum Gasteiger partial charge on any atom is -0.385 e. The van der Waals surface area contributed by atoms with Crippen LogP contribution in [0.4, 0.5) is 0 Å². The zero-order valence-corrected chi connectivity index (χ0v) is 11.3. The Kier molecular flexibility index (Phi) is 7.77. The molecule has 102 valence electrons. The molecule has 1 saturated heterocycles. The second-order valence-electron chi connectivity index (χ2n) is 4.79. The number of rotatable bonds is 10. The zero-order chi connectivity index (χ0) is 12.4. The van der Waals surface area contributed by atoms with Crippen molar-refractivity contribution in [2.45, 2.75) is 26.2 Å². The number of nitrogens with one attached hydrogen (secondary N) is 1. The number of ether oxygens (including phenoxy) is 3. The van der Waals surface area contributed by atoms with Crippen LogP contribution in [-0.2, 0) is 14.2 Å². The summed E-state index contributed by atoms with van der Waals surface area (Å²) in [7, 11) is 1.72. The van der Waals surface area contributed by atoms with Crippen LogP contribution in [0.15, 0.2) is 0 Å². The molecule has 1 N–H and O–H groups in total.